The summed E-state index contributed by atoms with van der Waals surface area (Å²) in [7, 11) is 0. The fourth-order valence-corrected chi connectivity index (χ4v) is 8.49. The summed E-state index contributed by atoms with van der Waals surface area (Å²) in [5, 5.41) is 0. The number of carbonyl (C=O) groups excluding carboxylic acids is 3. The monoisotopic (exact) mass is 939 g/mol. The lowest BCUT2D eigenvalue weighted by Crippen LogP contribution is -2.30. The first-order chi connectivity index (χ1) is 33.0. The molecule has 0 heterocycles. The molecule has 0 aromatic rings. The van der Waals surface area contributed by atoms with Crippen molar-refractivity contribution in [1.29, 1.82) is 0 Å². The van der Waals surface area contributed by atoms with Crippen molar-refractivity contribution in [3.63, 3.8) is 0 Å². The third-order valence-electron chi connectivity index (χ3n) is 12.8. The van der Waals surface area contributed by atoms with Crippen LogP contribution in [0.5, 0.6) is 0 Å². The van der Waals surface area contributed by atoms with Gasteiger partial charge in [-0.1, -0.05) is 275 Å². The van der Waals surface area contributed by atoms with Crippen LogP contribution >= 0.6 is 0 Å². The maximum absolute atomic E-state index is 12.8. The Bertz CT molecular complexity index is 1170. The molecule has 0 N–H and O–H groups in total. The van der Waals surface area contributed by atoms with Crippen LogP contribution in [0.1, 0.15) is 303 Å². The number of hydrogen-bond acceptors (Lipinski definition) is 6. The lowest BCUT2D eigenvalue weighted by atomic mass is 10.0. The summed E-state index contributed by atoms with van der Waals surface area (Å²) in [5.74, 6) is -0.855. The number of allylic oxidation sites excluding steroid dienone is 8. The Morgan fingerprint density at radius 3 is 0.910 bits per heavy atom. The van der Waals surface area contributed by atoms with Gasteiger partial charge in [0.2, 0.25) is 0 Å². The maximum Gasteiger partial charge on any atom is 0.306 e. The molecule has 6 nitrogen and oxygen atoms in total. The Balaban J connectivity index is 4.13. The number of carbonyl (C=O) groups is 3. The summed E-state index contributed by atoms with van der Waals surface area (Å²) < 4.78 is 16.8. The van der Waals surface area contributed by atoms with E-state index in [1.165, 1.54) is 180 Å². The van der Waals surface area contributed by atoms with E-state index < -0.39 is 6.10 Å². The molecular formula is C61H110O6. The van der Waals surface area contributed by atoms with Gasteiger partial charge in [0.1, 0.15) is 13.2 Å². The van der Waals surface area contributed by atoms with E-state index in [1.807, 2.05) is 0 Å². The number of hydrogen-bond donors (Lipinski definition) is 0. The normalized spacial score (nSPS) is 12.3. The summed E-state index contributed by atoms with van der Waals surface area (Å²) in [4.78, 5) is 38.0. The number of rotatable bonds is 53. The van der Waals surface area contributed by atoms with Crippen LogP contribution in [-0.4, -0.2) is 37.2 Å². The molecule has 1 unspecified atom stereocenters. The van der Waals surface area contributed by atoms with Crippen molar-refractivity contribution in [2.45, 2.75) is 309 Å². The molecule has 0 aliphatic carbocycles. The molecule has 0 aliphatic heterocycles. The first-order valence-electron chi connectivity index (χ1n) is 29.1. The molecule has 0 amide bonds. The van der Waals surface area contributed by atoms with Crippen LogP contribution in [0.15, 0.2) is 48.6 Å². The van der Waals surface area contributed by atoms with Crippen LogP contribution < -0.4 is 0 Å². The molecule has 0 aromatic heterocycles. The van der Waals surface area contributed by atoms with Gasteiger partial charge in [0.15, 0.2) is 6.10 Å². The quantitative estimate of drug-likeness (QED) is 0.0262. The predicted octanol–water partition coefficient (Wildman–Crippen LogP) is 19.4. The third kappa shape index (κ3) is 54.2. The van der Waals surface area contributed by atoms with Crippen LogP contribution in [0.3, 0.4) is 0 Å². The van der Waals surface area contributed by atoms with Crippen molar-refractivity contribution in [3.8, 4) is 0 Å². The van der Waals surface area contributed by atoms with E-state index in [0.717, 1.165) is 83.5 Å². The Labute approximate surface area is 416 Å². The fourth-order valence-electron chi connectivity index (χ4n) is 8.49. The van der Waals surface area contributed by atoms with Crippen molar-refractivity contribution in [1.82, 2.24) is 0 Å². The highest BCUT2D eigenvalue weighted by Crippen LogP contribution is 2.17. The van der Waals surface area contributed by atoms with E-state index in [0.29, 0.717) is 19.3 Å². The van der Waals surface area contributed by atoms with Gasteiger partial charge >= 0.3 is 17.9 Å². The fraction of sp³-hybridized carbons (Fsp3) is 0.820. The van der Waals surface area contributed by atoms with Gasteiger partial charge < -0.3 is 14.2 Å². The molecular weight excluding hydrogens is 829 g/mol. The number of unbranched alkanes of at least 4 members (excludes halogenated alkanes) is 34. The van der Waals surface area contributed by atoms with E-state index in [2.05, 4.69) is 69.4 Å². The molecule has 390 valence electrons. The molecule has 1 atom stereocenters. The summed E-state index contributed by atoms with van der Waals surface area (Å²) >= 11 is 0. The smallest absolute Gasteiger partial charge is 0.306 e. The second-order valence-electron chi connectivity index (χ2n) is 19.5. The minimum Gasteiger partial charge on any atom is -0.462 e. The first-order valence-corrected chi connectivity index (χ1v) is 29.1. The molecule has 0 aliphatic rings. The molecule has 0 radical (unpaired) electrons. The summed E-state index contributed by atoms with van der Waals surface area (Å²) in [6, 6.07) is 0. The molecule has 0 saturated carbocycles. The van der Waals surface area contributed by atoms with Crippen molar-refractivity contribution in [2.75, 3.05) is 13.2 Å². The maximum atomic E-state index is 12.8. The van der Waals surface area contributed by atoms with Gasteiger partial charge in [-0.05, 0) is 57.8 Å². The topological polar surface area (TPSA) is 78.9 Å². The highest BCUT2D eigenvalue weighted by molar-refractivity contribution is 5.71. The molecule has 0 fully saturated rings. The Morgan fingerprint density at radius 2 is 0.582 bits per heavy atom. The molecule has 0 saturated heterocycles. The lowest BCUT2D eigenvalue weighted by molar-refractivity contribution is -0.167. The van der Waals surface area contributed by atoms with Crippen LogP contribution in [-0.2, 0) is 28.6 Å². The van der Waals surface area contributed by atoms with Gasteiger partial charge in [-0.25, -0.2) is 0 Å². The van der Waals surface area contributed by atoms with Crippen LogP contribution in [0.2, 0.25) is 0 Å². The average molecular weight is 940 g/mol. The summed E-state index contributed by atoms with van der Waals surface area (Å²) in [6.07, 6.45) is 68.3. The third-order valence-corrected chi connectivity index (χ3v) is 12.8. The highest BCUT2D eigenvalue weighted by atomic mass is 16.6. The second-order valence-corrected chi connectivity index (χ2v) is 19.5. The molecule has 0 rings (SSSR count). The van der Waals surface area contributed by atoms with Crippen molar-refractivity contribution in [2.24, 2.45) is 0 Å². The van der Waals surface area contributed by atoms with Crippen LogP contribution in [0.4, 0.5) is 0 Å². The van der Waals surface area contributed by atoms with E-state index >= 15 is 0 Å². The predicted molar refractivity (Wildman–Crippen MR) is 289 cm³/mol. The van der Waals surface area contributed by atoms with E-state index in [-0.39, 0.29) is 31.1 Å². The van der Waals surface area contributed by atoms with E-state index in [1.54, 1.807) is 0 Å². The highest BCUT2D eigenvalue weighted by Gasteiger charge is 2.19. The largest absolute Gasteiger partial charge is 0.462 e. The Hall–Kier alpha value is -2.63. The molecule has 0 bridgehead atoms. The molecule has 6 heteroatoms. The zero-order chi connectivity index (χ0) is 48.6. The van der Waals surface area contributed by atoms with Gasteiger partial charge in [-0.15, -0.1) is 0 Å². The van der Waals surface area contributed by atoms with Crippen LogP contribution in [0, 0.1) is 0 Å². The van der Waals surface area contributed by atoms with Gasteiger partial charge in [-0.2, -0.15) is 0 Å². The van der Waals surface area contributed by atoms with Gasteiger partial charge in [-0.3, -0.25) is 14.4 Å². The van der Waals surface area contributed by atoms with E-state index in [4.69, 9.17) is 14.2 Å². The van der Waals surface area contributed by atoms with Gasteiger partial charge in [0.25, 0.3) is 0 Å². The SMILES string of the molecule is CC/C=C\C/C=C\C/C=C\C/C=C\CCCCCCCCCCCCCCCCC(=O)OCC(COC(=O)CCCCCCCCCCCC)OC(=O)CCCCCCCCCCCCCC. The second kappa shape index (κ2) is 56.0. The van der Waals surface area contributed by atoms with Crippen molar-refractivity contribution in [3.05, 3.63) is 48.6 Å². The van der Waals surface area contributed by atoms with Crippen LogP contribution in [0.25, 0.3) is 0 Å². The Kier molecular flexibility index (Phi) is 53.8. The number of ether oxygens (including phenoxy) is 3. The van der Waals surface area contributed by atoms with E-state index in [9.17, 15) is 14.4 Å². The minimum absolute atomic E-state index is 0.0676. The van der Waals surface area contributed by atoms with Crippen molar-refractivity contribution >= 4 is 17.9 Å². The van der Waals surface area contributed by atoms with Gasteiger partial charge in [0.05, 0.1) is 0 Å². The summed E-state index contributed by atoms with van der Waals surface area (Å²) in [6.45, 7) is 6.54. The van der Waals surface area contributed by atoms with Crippen molar-refractivity contribution < 1.29 is 28.6 Å². The zero-order valence-corrected chi connectivity index (χ0v) is 44.7. The minimum atomic E-state index is -0.766. The zero-order valence-electron chi connectivity index (χ0n) is 44.7. The Morgan fingerprint density at radius 1 is 0.313 bits per heavy atom. The molecule has 67 heavy (non-hydrogen) atoms. The number of esters is 3. The first kappa shape index (κ1) is 64.4. The molecule has 0 aromatic carbocycles. The lowest BCUT2D eigenvalue weighted by Gasteiger charge is -2.18. The summed E-state index contributed by atoms with van der Waals surface area (Å²) in [5.41, 5.74) is 0. The molecule has 0 spiro atoms. The van der Waals surface area contributed by atoms with Gasteiger partial charge in [0, 0.05) is 19.3 Å². The average Bonchev–Trinajstić information content (AvgIpc) is 3.33. The standard InChI is InChI=1S/C61H110O6/c1-4-7-10-13-16-19-22-24-25-26-27-28-29-30-31-32-33-34-35-36-37-38-40-42-45-48-51-54-60(63)66-57-58(56-65-59(62)53-50-47-44-41-21-18-15-12-9-6-3)67-61(64)55-52-49-46-43-39-23-20-17-14-11-8-5-2/h7,10,16,19,24-25,27-28,58H,4-6,8-9,11-15,17-18,20-23,26,29-57H2,1-3H3/b10-7-,19-16-,25-24-,28-27-.